The van der Waals surface area contributed by atoms with E-state index in [-0.39, 0.29) is 46.5 Å². The quantitative estimate of drug-likeness (QED) is 0.701. The van der Waals surface area contributed by atoms with E-state index in [0.29, 0.717) is 13.0 Å². The van der Waals surface area contributed by atoms with Crippen molar-refractivity contribution in [2.45, 2.75) is 16.2 Å². The third-order valence-electron chi connectivity index (χ3n) is 4.85. The summed E-state index contributed by atoms with van der Waals surface area (Å²) < 4.78 is 50.7. The number of nitrogens with zero attached hydrogens (tertiary/aromatic N) is 3. The van der Waals surface area contributed by atoms with Gasteiger partial charge in [0.05, 0.1) is 21.4 Å². The molecule has 10 heteroatoms. The minimum Gasteiger partial charge on any atom is -0.337 e. The Balaban J connectivity index is 1.78. The molecule has 0 N–H and O–H groups in total. The molecule has 158 valence electrons. The van der Waals surface area contributed by atoms with Gasteiger partial charge in [-0.2, -0.15) is 9.57 Å². The molecule has 1 amide bonds. The standard InChI is InChI=1S/C20H21N3O5S2/c1-29(25,26)18-7-3-6-17(14-18)20(24)22-9-4-10-23(12-11-22)30(27,28)19-8-2-5-16(13-19)15-21/h2-3,5-8,13-14H,4,9-12H2,1H3. The van der Waals surface area contributed by atoms with Crippen LogP contribution in [0.5, 0.6) is 0 Å². The summed E-state index contributed by atoms with van der Waals surface area (Å²) in [6.07, 6.45) is 1.52. The molecule has 1 heterocycles. The first-order valence-electron chi connectivity index (χ1n) is 9.22. The van der Waals surface area contributed by atoms with Crippen molar-refractivity contribution in [2.75, 3.05) is 32.4 Å². The maximum absolute atomic E-state index is 13.0. The van der Waals surface area contributed by atoms with Crippen molar-refractivity contribution >= 4 is 25.8 Å². The molecule has 3 rings (SSSR count). The molecule has 0 bridgehead atoms. The van der Waals surface area contributed by atoms with Crippen LogP contribution in [0.1, 0.15) is 22.3 Å². The molecule has 1 saturated heterocycles. The first kappa shape index (κ1) is 22.0. The second-order valence-corrected chi connectivity index (χ2v) is 10.9. The van der Waals surface area contributed by atoms with Gasteiger partial charge in [-0.25, -0.2) is 16.8 Å². The van der Waals surface area contributed by atoms with E-state index in [1.165, 1.54) is 51.7 Å². The maximum atomic E-state index is 13.0. The zero-order valence-electron chi connectivity index (χ0n) is 16.4. The highest BCUT2D eigenvalue weighted by Gasteiger charge is 2.29. The molecule has 8 nitrogen and oxygen atoms in total. The number of carbonyl (C=O) groups excluding carboxylic acids is 1. The first-order chi connectivity index (χ1) is 14.1. The Morgan fingerprint density at radius 2 is 1.63 bits per heavy atom. The average Bonchev–Trinajstić information content (AvgIpc) is 2.99. The van der Waals surface area contributed by atoms with Crippen molar-refractivity contribution < 1.29 is 21.6 Å². The summed E-state index contributed by atoms with van der Waals surface area (Å²) in [6.45, 7) is 0.883. The van der Waals surface area contributed by atoms with Gasteiger partial charge in [-0.3, -0.25) is 4.79 Å². The van der Waals surface area contributed by atoms with Gasteiger partial charge in [0.15, 0.2) is 9.84 Å². The number of hydrogen-bond donors (Lipinski definition) is 0. The van der Waals surface area contributed by atoms with Crippen molar-refractivity contribution in [2.24, 2.45) is 0 Å². The Labute approximate surface area is 176 Å². The summed E-state index contributed by atoms with van der Waals surface area (Å²) in [6, 6.07) is 13.6. The number of rotatable bonds is 4. The lowest BCUT2D eigenvalue weighted by Gasteiger charge is -2.22. The summed E-state index contributed by atoms with van der Waals surface area (Å²) in [5, 5.41) is 9.02. The summed E-state index contributed by atoms with van der Waals surface area (Å²) >= 11 is 0. The van der Waals surface area contributed by atoms with E-state index in [1.54, 1.807) is 6.07 Å². The fourth-order valence-electron chi connectivity index (χ4n) is 3.25. The SMILES string of the molecule is CS(=O)(=O)c1cccc(C(=O)N2CCCN(S(=O)(=O)c3cccc(C#N)c3)CC2)c1. The van der Waals surface area contributed by atoms with Gasteiger partial charge < -0.3 is 4.90 Å². The molecular weight excluding hydrogens is 426 g/mol. The molecule has 0 radical (unpaired) electrons. The largest absolute Gasteiger partial charge is 0.337 e. The Morgan fingerprint density at radius 3 is 2.33 bits per heavy atom. The van der Waals surface area contributed by atoms with Gasteiger partial charge >= 0.3 is 0 Å². The Morgan fingerprint density at radius 1 is 0.933 bits per heavy atom. The number of sulfonamides is 1. The normalized spacial score (nSPS) is 15.9. The van der Waals surface area contributed by atoms with Gasteiger partial charge in [0.1, 0.15) is 0 Å². The summed E-state index contributed by atoms with van der Waals surface area (Å²) in [5.41, 5.74) is 0.504. The van der Waals surface area contributed by atoms with Crippen LogP contribution in [0.2, 0.25) is 0 Å². The van der Waals surface area contributed by atoms with Crippen LogP contribution in [0.3, 0.4) is 0 Å². The number of benzene rings is 2. The fourth-order valence-corrected chi connectivity index (χ4v) is 5.44. The van der Waals surface area contributed by atoms with Crippen molar-refractivity contribution in [3.63, 3.8) is 0 Å². The third-order valence-corrected chi connectivity index (χ3v) is 7.86. The van der Waals surface area contributed by atoms with E-state index >= 15 is 0 Å². The summed E-state index contributed by atoms with van der Waals surface area (Å²) in [5.74, 6) is -0.341. The van der Waals surface area contributed by atoms with E-state index in [2.05, 4.69) is 0 Å². The fraction of sp³-hybridized carbons (Fsp3) is 0.300. The Hall–Kier alpha value is -2.74. The second kappa shape index (κ2) is 8.55. The van der Waals surface area contributed by atoms with Gasteiger partial charge in [0.2, 0.25) is 10.0 Å². The van der Waals surface area contributed by atoms with Crippen LogP contribution < -0.4 is 0 Å². The molecule has 1 aliphatic heterocycles. The van der Waals surface area contributed by atoms with Crippen LogP contribution in [0.25, 0.3) is 0 Å². The van der Waals surface area contributed by atoms with E-state index in [9.17, 15) is 21.6 Å². The molecule has 2 aromatic rings. The topological polar surface area (TPSA) is 116 Å². The van der Waals surface area contributed by atoms with Gasteiger partial charge in [-0.15, -0.1) is 0 Å². The van der Waals surface area contributed by atoms with E-state index in [0.717, 1.165) is 6.26 Å². The van der Waals surface area contributed by atoms with Gasteiger partial charge in [0, 0.05) is 38.0 Å². The van der Waals surface area contributed by atoms with Crippen LogP contribution in [0, 0.1) is 11.3 Å². The van der Waals surface area contributed by atoms with Gasteiger partial charge in [-0.05, 0) is 42.8 Å². The van der Waals surface area contributed by atoms with Crippen molar-refractivity contribution in [1.29, 1.82) is 5.26 Å². The number of amides is 1. The highest BCUT2D eigenvalue weighted by molar-refractivity contribution is 7.90. The predicted molar refractivity (Wildman–Crippen MR) is 110 cm³/mol. The molecule has 0 saturated carbocycles. The molecule has 0 spiro atoms. The lowest BCUT2D eigenvalue weighted by atomic mass is 10.2. The molecule has 30 heavy (non-hydrogen) atoms. The average molecular weight is 448 g/mol. The molecule has 1 aliphatic rings. The lowest BCUT2D eigenvalue weighted by Crippen LogP contribution is -2.37. The van der Waals surface area contributed by atoms with Crippen LogP contribution in [-0.2, 0) is 19.9 Å². The number of nitriles is 1. The lowest BCUT2D eigenvalue weighted by molar-refractivity contribution is 0.0764. The Kier molecular flexibility index (Phi) is 6.26. The molecule has 0 aliphatic carbocycles. The zero-order valence-corrected chi connectivity index (χ0v) is 18.0. The number of carbonyl (C=O) groups is 1. The molecule has 0 atom stereocenters. The van der Waals surface area contributed by atoms with Crippen LogP contribution >= 0.6 is 0 Å². The number of hydrogen-bond acceptors (Lipinski definition) is 6. The molecular formula is C20H21N3O5S2. The molecule has 0 aromatic heterocycles. The van der Waals surface area contributed by atoms with Crippen molar-refractivity contribution in [1.82, 2.24) is 9.21 Å². The highest BCUT2D eigenvalue weighted by Crippen LogP contribution is 2.20. The summed E-state index contributed by atoms with van der Waals surface area (Å²) in [4.78, 5) is 14.5. The highest BCUT2D eigenvalue weighted by atomic mass is 32.2. The number of sulfone groups is 1. The van der Waals surface area contributed by atoms with Crippen LogP contribution in [0.4, 0.5) is 0 Å². The van der Waals surface area contributed by atoms with Gasteiger partial charge in [-0.1, -0.05) is 12.1 Å². The van der Waals surface area contributed by atoms with E-state index < -0.39 is 19.9 Å². The van der Waals surface area contributed by atoms with Crippen LogP contribution in [0.15, 0.2) is 58.3 Å². The minimum atomic E-state index is -3.79. The molecule has 1 fully saturated rings. The smallest absolute Gasteiger partial charge is 0.253 e. The second-order valence-electron chi connectivity index (χ2n) is 6.99. The molecule has 2 aromatic carbocycles. The van der Waals surface area contributed by atoms with E-state index in [4.69, 9.17) is 5.26 Å². The Bertz CT molecular complexity index is 1220. The first-order valence-corrected chi connectivity index (χ1v) is 12.6. The maximum Gasteiger partial charge on any atom is 0.253 e. The molecule has 0 unspecified atom stereocenters. The minimum absolute atomic E-state index is 0.0437. The zero-order chi connectivity index (χ0) is 21.9. The van der Waals surface area contributed by atoms with Gasteiger partial charge in [0.25, 0.3) is 5.91 Å². The van der Waals surface area contributed by atoms with Crippen molar-refractivity contribution in [3.8, 4) is 6.07 Å². The predicted octanol–water partition coefficient (Wildman–Crippen LogP) is 1.50. The van der Waals surface area contributed by atoms with Crippen molar-refractivity contribution in [3.05, 3.63) is 59.7 Å². The van der Waals surface area contributed by atoms with E-state index in [1.807, 2.05) is 6.07 Å². The monoisotopic (exact) mass is 447 g/mol. The third kappa shape index (κ3) is 4.70. The summed E-state index contributed by atoms with van der Waals surface area (Å²) in [7, 11) is -7.24. The van der Waals surface area contributed by atoms with Crippen LogP contribution in [-0.4, -0.2) is 64.4 Å².